The highest BCUT2D eigenvalue weighted by Crippen LogP contribution is 2.88. The van der Waals surface area contributed by atoms with Crippen LogP contribution in [-0.4, -0.2) is 115 Å². The Hall–Kier alpha value is -3.04. The molecular weight excluding hydrogens is 759 g/mol. The summed E-state index contributed by atoms with van der Waals surface area (Å²) in [7, 11) is -5.51. The van der Waals surface area contributed by atoms with E-state index in [4.69, 9.17) is 8.22 Å². The van der Waals surface area contributed by atoms with Gasteiger partial charge in [-0.25, -0.2) is 4.72 Å². The topological polar surface area (TPSA) is 177 Å². The van der Waals surface area contributed by atoms with Crippen molar-refractivity contribution in [3.8, 4) is 0 Å². The number of likely N-dealkylation sites (tertiary alicyclic amines) is 2. The van der Waals surface area contributed by atoms with Crippen molar-refractivity contribution < 1.29 is 40.6 Å². The molecule has 15 heteroatoms. The van der Waals surface area contributed by atoms with Crippen LogP contribution < -0.4 is 20.7 Å². The minimum atomic E-state index is -5.51. The van der Waals surface area contributed by atoms with Crippen molar-refractivity contribution in [2.24, 2.45) is 33.5 Å². The number of carbonyl (C=O) groups is 5. The van der Waals surface area contributed by atoms with Gasteiger partial charge in [0.1, 0.15) is 23.7 Å². The minimum Gasteiger partial charge on any atom is -0.343 e. The van der Waals surface area contributed by atoms with Gasteiger partial charge in [0.25, 0.3) is 5.91 Å². The van der Waals surface area contributed by atoms with E-state index in [1.165, 1.54) is 11.0 Å². The van der Waals surface area contributed by atoms with E-state index >= 15 is 4.79 Å². The lowest BCUT2D eigenvalue weighted by molar-refractivity contribution is -0.145. The van der Waals surface area contributed by atoms with Gasteiger partial charge in [0.05, 0.1) is 6.04 Å². The predicted octanol–water partition coefficient (Wildman–Crippen LogP) is 3.63. The summed E-state index contributed by atoms with van der Waals surface area (Å²) in [5.74, 6) is -4.24. The Morgan fingerprint density at radius 1 is 0.879 bits per heavy atom. The van der Waals surface area contributed by atoms with Crippen molar-refractivity contribution in [1.29, 1.82) is 0 Å². The lowest BCUT2D eigenvalue weighted by atomic mass is 9.73. The van der Waals surface area contributed by atoms with Gasteiger partial charge in [0, 0.05) is 46.1 Å². The van der Waals surface area contributed by atoms with Crippen LogP contribution in [0.2, 0.25) is 0 Å². The van der Waals surface area contributed by atoms with Crippen LogP contribution in [0.15, 0.2) is 12.7 Å². The Labute approximate surface area is 355 Å². The standard InChI is InChI=1S/C43H71N7O7S/c1-11-29-24-43(29,38(55)47-58(56,57)48(9)10)46-35(52)31-25-42(40(7,8)41(42)21-17-22-41)26-50(31)37(54)33(39(4,5)6)45-36(53)32(28-18-13-12-14-19-28)44-34(51)30-20-15-16-23-49(30)27(2)3/h11,27-33H,1,12-26H2,2-10H3,(H,44,51)(H,45,53)(H,46,52)(H,47,55)/t29-,30+,31+,32+,33-,42-,43-/m1/s1/i9D3,10D3. The number of rotatable bonds is 13. The third-order valence-corrected chi connectivity index (χ3v) is 16.4. The van der Waals surface area contributed by atoms with Gasteiger partial charge in [-0.2, -0.15) is 12.7 Å². The maximum Gasteiger partial charge on any atom is 0.303 e. The van der Waals surface area contributed by atoms with E-state index in [2.05, 4.69) is 55.1 Å². The molecule has 2 aliphatic heterocycles. The molecule has 0 bridgehead atoms. The van der Waals surface area contributed by atoms with Crippen LogP contribution >= 0.6 is 0 Å². The fourth-order valence-corrected chi connectivity index (χ4v) is 12.2. The van der Waals surface area contributed by atoms with Gasteiger partial charge in [0.2, 0.25) is 23.6 Å². The fourth-order valence-electron chi connectivity index (χ4n) is 11.7. The number of piperidine rings is 1. The molecule has 0 aromatic rings. The van der Waals surface area contributed by atoms with E-state index in [1.54, 1.807) is 4.72 Å². The summed E-state index contributed by atoms with van der Waals surface area (Å²) in [6.07, 6.45) is 11.1. The Kier molecular flexibility index (Phi) is 10.0. The summed E-state index contributed by atoms with van der Waals surface area (Å²) in [6.45, 7) is 11.2. The van der Waals surface area contributed by atoms with Crippen LogP contribution in [0.5, 0.6) is 0 Å². The second-order valence-electron chi connectivity index (χ2n) is 20.1. The molecule has 4 aliphatic carbocycles. The number of amides is 5. The predicted molar refractivity (Wildman–Crippen MR) is 222 cm³/mol. The van der Waals surface area contributed by atoms with E-state index < -0.39 is 92.5 Å². The Morgan fingerprint density at radius 2 is 1.53 bits per heavy atom. The van der Waals surface area contributed by atoms with Crippen LogP contribution in [0.1, 0.15) is 140 Å². The van der Waals surface area contributed by atoms with Crippen molar-refractivity contribution in [2.75, 3.05) is 27.0 Å². The van der Waals surface area contributed by atoms with Crippen LogP contribution in [-0.2, 0) is 34.2 Å². The fraction of sp³-hybridized carbons (Fsp3) is 0.837. The van der Waals surface area contributed by atoms with E-state index in [0.717, 1.165) is 70.8 Å². The third kappa shape index (κ3) is 7.51. The first-order chi connectivity index (χ1) is 29.4. The van der Waals surface area contributed by atoms with E-state index in [0.29, 0.717) is 6.42 Å². The zero-order valence-electron chi connectivity index (χ0n) is 41.5. The summed E-state index contributed by atoms with van der Waals surface area (Å²) in [4.78, 5) is 76.5. The monoisotopic (exact) mass is 836 g/mol. The molecule has 0 aromatic heterocycles. The molecule has 2 saturated heterocycles. The first-order valence-corrected chi connectivity index (χ1v) is 22.9. The molecule has 58 heavy (non-hydrogen) atoms. The van der Waals surface area contributed by atoms with Crippen LogP contribution in [0.25, 0.3) is 0 Å². The van der Waals surface area contributed by atoms with Crippen LogP contribution in [0.3, 0.4) is 0 Å². The number of hydrogen-bond donors (Lipinski definition) is 4. The number of carbonyl (C=O) groups excluding carboxylic acids is 5. The number of fused-ring (bicyclic) bond motifs is 1. The lowest BCUT2D eigenvalue weighted by Gasteiger charge is -2.40. The molecule has 4 saturated carbocycles. The average molecular weight is 836 g/mol. The lowest BCUT2D eigenvalue weighted by Crippen LogP contribution is -2.63. The summed E-state index contributed by atoms with van der Waals surface area (Å²) < 4.78 is 73.0. The maximum atomic E-state index is 15.3. The minimum absolute atomic E-state index is 0.128. The Bertz CT molecular complexity index is 1970. The molecule has 0 unspecified atom stereocenters. The first kappa shape index (κ1) is 36.8. The highest BCUT2D eigenvalue weighted by molar-refractivity contribution is 7.87. The second kappa shape index (κ2) is 15.8. The molecule has 2 spiro atoms. The van der Waals surface area contributed by atoms with Crippen molar-refractivity contribution >= 4 is 39.7 Å². The van der Waals surface area contributed by atoms with Crippen molar-refractivity contribution in [2.45, 2.75) is 168 Å². The van der Waals surface area contributed by atoms with E-state index in [9.17, 15) is 27.6 Å². The van der Waals surface area contributed by atoms with Gasteiger partial charge in [-0.1, -0.05) is 72.8 Å². The zero-order chi connectivity index (χ0) is 47.8. The van der Waals surface area contributed by atoms with Crippen LogP contribution in [0.4, 0.5) is 0 Å². The quantitative estimate of drug-likeness (QED) is 0.204. The number of nitrogens with zero attached hydrogens (tertiary/aromatic N) is 3. The van der Waals surface area contributed by atoms with Gasteiger partial charge >= 0.3 is 10.2 Å². The van der Waals surface area contributed by atoms with Gasteiger partial charge < -0.3 is 20.9 Å². The summed E-state index contributed by atoms with van der Waals surface area (Å²) in [5, 5.41) is 8.94. The van der Waals surface area contributed by atoms with E-state index in [1.807, 2.05) is 20.8 Å². The van der Waals surface area contributed by atoms with Crippen LogP contribution in [0, 0.1) is 33.5 Å². The Morgan fingerprint density at radius 3 is 2.07 bits per heavy atom. The van der Waals surface area contributed by atoms with Gasteiger partial charge in [-0.05, 0) is 93.9 Å². The smallest absolute Gasteiger partial charge is 0.303 e. The SMILES string of the molecule is [2H]C([2H])([2H])N(C([2H])([2H])[2H])S(=O)(=O)NC(=O)[C@@]1(NC(=O)[C@@H]2C[C@@]3(CN2C(=O)[C@@H](NC(=O)[C@@H](NC(=O)[C@@H]2CCCCN2C(C)C)C2CCCCC2)C(C)(C)C)C(C)(C)C32CCC2)C[C@H]1C=C. The Balaban J connectivity index is 1.29. The van der Waals surface area contributed by atoms with Gasteiger partial charge in [-0.3, -0.25) is 28.9 Å². The maximum absolute atomic E-state index is 15.3. The molecule has 14 nitrogen and oxygen atoms in total. The molecule has 5 amide bonds. The van der Waals surface area contributed by atoms with Crippen molar-refractivity contribution in [3.63, 3.8) is 0 Å². The van der Waals surface area contributed by atoms with E-state index in [-0.39, 0.29) is 54.1 Å². The highest BCUT2D eigenvalue weighted by atomic mass is 32.2. The zero-order valence-corrected chi connectivity index (χ0v) is 36.4. The second-order valence-corrected chi connectivity index (χ2v) is 21.6. The summed E-state index contributed by atoms with van der Waals surface area (Å²) in [6, 6.07) is -3.45. The molecule has 326 valence electrons. The number of hydrogen-bond acceptors (Lipinski definition) is 8. The normalized spacial score (nSPS) is 33.6. The van der Waals surface area contributed by atoms with Gasteiger partial charge in [0.15, 0.2) is 0 Å². The summed E-state index contributed by atoms with van der Waals surface area (Å²) in [5.41, 5.74) is -3.73. The molecule has 0 aromatic carbocycles. The molecule has 4 N–H and O–H groups in total. The van der Waals surface area contributed by atoms with Gasteiger partial charge in [-0.15, -0.1) is 6.58 Å². The molecule has 7 atom stereocenters. The molecule has 6 aliphatic rings. The third-order valence-electron chi connectivity index (χ3n) is 15.5. The largest absolute Gasteiger partial charge is 0.343 e. The molecule has 6 rings (SSSR count). The average Bonchev–Trinajstić information content (AvgIpc) is 3.88. The highest BCUT2D eigenvalue weighted by Gasteiger charge is 2.85. The molecular formula is C43H71N7O7S. The first-order valence-electron chi connectivity index (χ1n) is 24.4. The molecule has 0 radical (unpaired) electrons. The summed E-state index contributed by atoms with van der Waals surface area (Å²) >= 11 is 0. The molecule has 2 heterocycles. The van der Waals surface area contributed by atoms with Crippen molar-refractivity contribution in [1.82, 2.24) is 34.8 Å². The molecule has 6 fully saturated rings. The number of nitrogens with one attached hydrogen (secondary N) is 4. The van der Waals surface area contributed by atoms with Crippen molar-refractivity contribution in [3.05, 3.63) is 12.7 Å².